The molecule has 1 aliphatic heterocycles. The maximum absolute atomic E-state index is 6.29. The van der Waals surface area contributed by atoms with Gasteiger partial charge < -0.3 is 5.32 Å². The highest BCUT2D eigenvalue weighted by atomic mass is 35.5. The van der Waals surface area contributed by atoms with E-state index < -0.39 is 0 Å². The molecule has 3 aromatic carbocycles. The topological polar surface area (TPSA) is 12.0 Å². The SMILES string of the molecule is Clc1ccc([C@@H]2Nc3ccc(-c4ccccc4)cc3[C@@H]3C=CC[C@@H]32)cc1Cl. The lowest BCUT2D eigenvalue weighted by Gasteiger charge is -2.38. The molecule has 3 aromatic rings. The standard InChI is InChI=1S/C24H19Cl2N/c25-21-11-9-17(14-22(21)26)24-19-8-4-7-18(19)20-13-16(10-12-23(20)27-24)15-5-2-1-3-6-15/h1-7,9-14,18-19,24,27H,8H2/t18-,19+,24+/m1/s1. The Kier molecular flexibility index (Phi) is 4.22. The number of hydrogen-bond donors (Lipinski definition) is 1. The maximum Gasteiger partial charge on any atom is 0.0595 e. The van der Waals surface area contributed by atoms with E-state index in [9.17, 15) is 0 Å². The second-order valence-electron chi connectivity index (χ2n) is 7.32. The van der Waals surface area contributed by atoms with Crippen LogP contribution < -0.4 is 5.32 Å². The zero-order valence-electron chi connectivity index (χ0n) is 14.7. The number of fused-ring (bicyclic) bond motifs is 3. The molecule has 0 unspecified atom stereocenters. The van der Waals surface area contributed by atoms with E-state index >= 15 is 0 Å². The average Bonchev–Trinajstić information content (AvgIpc) is 3.20. The summed E-state index contributed by atoms with van der Waals surface area (Å²) in [6.07, 6.45) is 5.74. The van der Waals surface area contributed by atoms with Crippen molar-refractivity contribution < 1.29 is 0 Å². The van der Waals surface area contributed by atoms with Gasteiger partial charge in [0.1, 0.15) is 0 Å². The Balaban J connectivity index is 1.56. The largest absolute Gasteiger partial charge is 0.378 e. The summed E-state index contributed by atoms with van der Waals surface area (Å²) in [5, 5.41) is 4.98. The normalized spacial score (nSPS) is 22.8. The zero-order chi connectivity index (χ0) is 18.4. The Bertz CT molecular complexity index is 1030. The van der Waals surface area contributed by atoms with E-state index in [-0.39, 0.29) is 6.04 Å². The maximum atomic E-state index is 6.29. The van der Waals surface area contributed by atoms with Crippen molar-refractivity contribution in [3.05, 3.63) is 100 Å². The minimum atomic E-state index is 0.231. The van der Waals surface area contributed by atoms with Crippen molar-refractivity contribution in [3.63, 3.8) is 0 Å². The highest BCUT2D eigenvalue weighted by Crippen LogP contribution is 2.50. The summed E-state index contributed by atoms with van der Waals surface area (Å²) in [6.45, 7) is 0. The second-order valence-corrected chi connectivity index (χ2v) is 8.13. The van der Waals surface area contributed by atoms with Gasteiger partial charge in [0.2, 0.25) is 0 Å². The molecule has 3 heteroatoms. The third-order valence-corrected chi connectivity index (χ3v) is 6.51. The van der Waals surface area contributed by atoms with Crippen LogP contribution in [-0.2, 0) is 0 Å². The van der Waals surface area contributed by atoms with E-state index in [2.05, 4.69) is 72.1 Å². The van der Waals surface area contributed by atoms with E-state index in [0.29, 0.717) is 21.9 Å². The number of benzene rings is 3. The summed E-state index contributed by atoms with van der Waals surface area (Å²) in [5.74, 6) is 0.908. The Labute approximate surface area is 169 Å². The van der Waals surface area contributed by atoms with Gasteiger partial charge >= 0.3 is 0 Å². The number of rotatable bonds is 2. The van der Waals surface area contributed by atoms with E-state index in [1.54, 1.807) is 0 Å². The van der Waals surface area contributed by atoms with Crippen LogP contribution in [0, 0.1) is 5.92 Å². The van der Waals surface area contributed by atoms with Crippen LogP contribution in [0.3, 0.4) is 0 Å². The molecule has 1 aliphatic carbocycles. The third kappa shape index (κ3) is 2.96. The van der Waals surface area contributed by atoms with Crippen LogP contribution in [0.25, 0.3) is 11.1 Å². The van der Waals surface area contributed by atoms with Crippen LogP contribution in [-0.4, -0.2) is 0 Å². The number of nitrogens with one attached hydrogen (secondary N) is 1. The van der Waals surface area contributed by atoms with Crippen molar-refractivity contribution in [2.24, 2.45) is 5.92 Å². The minimum absolute atomic E-state index is 0.231. The molecule has 1 nitrogen and oxygen atoms in total. The first kappa shape index (κ1) is 16.9. The van der Waals surface area contributed by atoms with Crippen molar-refractivity contribution in [3.8, 4) is 11.1 Å². The Morgan fingerprint density at radius 3 is 2.48 bits per heavy atom. The first-order valence-corrected chi connectivity index (χ1v) is 10.0. The number of allylic oxidation sites excluding steroid dienone is 2. The van der Waals surface area contributed by atoms with Crippen LogP contribution in [0.4, 0.5) is 5.69 Å². The molecule has 3 atom stereocenters. The predicted octanol–water partition coefficient (Wildman–Crippen LogP) is 7.49. The number of halogens is 2. The molecular weight excluding hydrogens is 373 g/mol. The van der Waals surface area contributed by atoms with Gasteiger partial charge in [-0.25, -0.2) is 0 Å². The molecule has 1 heterocycles. The lowest BCUT2D eigenvalue weighted by molar-refractivity contribution is 0.425. The van der Waals surface area contributed by atoms with Crippen molar-refractivity contribution in [1.29, 1.82) is 0 Å². The Morgan fingerprint density at radius 2 is 1.67 bits per heavy atom. The average molecular weight is 392 g/mol. The van der Waals surface area contributed by atoms with E-state index in [1.807, 2.05) is 12.1 Å². The number of anilines is 1. The number of hydrogen-bond acceptors (Lipinski definition) is 1. The van der Waals surface area contributed by atoms with Gasteiger partial charge in [-0.05, 0) is 58.9 Å². The minimum Gasteiger partial charge on any atom is -0.378 e. The summed E-state index contributed by atoms with van der Waals surface area (Å²) in [5.41, 5.74) is 6.31. The van der Waals surface area contributed by atoms with Gasteiger partial charge in [0.15, 0.2) is 0 Å². The molecule has 0 saturated carbocycles. The fourth-order valence-corrected chi connectivity index (χ4v) is 4.75. The molecule has 0 amide bonds. The molecule has 27 heavy (non-hydrogen) atoms. The van der Waals surface area contributed by atoms with Gasteiger partial charge in [-0.15, -0.1) is 0 Å². The highest BCUT2D eigenvalue weighted by molar-refractivity contribution is 6.42. The summed E-state index contributed by atoms with van der Waals surface area (Å²) in [6, 6.07) is 23.5. The lowest BCUT2D eigenvalue weighted by atomic mass is 9.76. The van der Waals surface area contributed by atoms with Crippen molar-refractivity contribution >= 4 is 28.9 Å². The molecule has 0 aromatic heterocycles. The smallest absolute Gasteiger partial charge is 0.0595 e. The van der Waals surface area contributed by atoms with Crippen LogP contribution >= 0.6 is 23.2 Å². The Morgan fingerprint density at radius 1 is 0.815 bits per heavy atom. The second kappa shape index (κ2) is 6.74. The monoisotopic (exact) mass is 391 g/mol. The summed E-state index contributed by atoms with van der Waals surface area (Å²) in [7, 11) is 0. The predicted molar refractivity (Wildman–Crippen MR) is 115 cm³/mol. The quantitative estimate of drug-likeness (QED) is 0.446. The van der Waals surface area contributed by atoms with Gasteiger partial charge in [0, 0.05) is 11.6 Å². The van der Waals surface area contributed by atoms with Gasteiger partial charge in [0.25, 0.3) is 0 Å². The third-order valence-electron chi connectivity index (χ3n) is 5.77. The molecule has 2 aliphatic rings. The van der Waals surface area contributed by atoms with Crippen LogP contribution in [0.5, 0.6) is 0 Å². The van der Waals surface area contributed by atoms with Gasteiger partial charge in [-0.3, -0.25) is 0 Å². The highest BCUT2D eigenvalue weighted by Gasteiger charge is 2.38. The zero-order valence-corrected chi connectivity index (χ0v) is 16.2. The first-order valence-electron chi connectivity index (χ1n) is 9.28. The lowest BCUT2D eigenvalue weighted by Crippen LogP contribution is -2.29. The van der Waals surface area contributed by atoms with E-state index in [0.717, 1.165) is 6.42 Å². The van der Waals surface area contributed by atoms with Gasteiger partial charge in [0.05, 0.1) is 16.1 Å². The van der Waals surface area contributed by atoms with Gasteiger partial charge in [-0.2, -0.15) is 0 Å². The van der Waals surface area contributed by atoms with Crippen molar-refractivity contribution in [2.75, 3.05) is 5.32 Å². The van der Waals surface area contributed by atoms with Gasteiger partial charge in [-0.1, -0.05) is 77.8 Å². The molecule has 0 spiro atoms. The molecule has 0 radical (unpaired) electrons. The van der Waals surface area contributed by atoms with E-state index in [4.69, 9.17) is 23.2 Å². The molecule has 0 bridgehead atoms. The summed E-state index contributed by atoms with van der Waals surface area (Å²) < 4.78 is 0. The molecule has 0 fully saturated rings. The molecule has 5 rings (SSSR count). The van der Waals surface area contributed by atoms with Crippen LogP contribution in [0.1, 0.15) is 29.5 Å². The van der Waals surface area contributed by atoms with Crippen molar-refractivity contribution in [2.45, 2.75) is 18.4 Å². The molecule has 1 N–H and O–H groups in total. The fourth-order valence-electron chi connectivity index (χ4n) is 4.44. The molecular formula is C24H19Cl2N. The fraction of sp³-hybridized carbons (Fsp3) is 0.167. The van der Waals surface area contributed by atoms with E-state index in [1.165, 1.54) is 27.9 Å². The van der Waals surface area contributed by atoms with Crippen molar-refractivity contribution in [1.82, 2.24) is 0 Å². The van der Waals surface area contributed by atoms with Crippen LogP contribution in [0.15, 0.2) is 78.9 Å². The van der Waals surface area contributed by atoms with Crippen LogP contribution in [0.2, 0.25) is 10.0 Å². The molecule has 134 valence electrons. The molecule has 0 saturated heterocycles. The summed E-state index contributed by atoms with van der Waals surface area (Å²) in [4.78, 5) is 0. The Hall–Kier alpha value is -2.22. The summed E-state index contributed by atoms with van der Waals surface area (Å²) >= 11 is 12.4. The first-order chi connectivity index (χ1) is 13.2.